The van der Waals surface area contributed by atoms with Crippen molar-refractivity contribution >= 4 is 0 Å². The molecule has 5 heteroatoms. The standard InChI is InChI=1S/C11H13N3O2/c1-8-2-4-9(5-3-8)14-11(16)12-10(13-14)6-7-15/h2-5,15H,6-7H2,1H3,(H,12,13,16). The molecular formula is C11H13N3O2. The smallest absolute Gasteiger partial charge is 0.348 e. The van der Waals surface area contributed by atoms with E-state index in [1.807, 2.05) is 31.2 Å². The van der Waals surface area contributed by atoms with Gasteiger partial charge in [0.05, 0.1) is 12.3 Å². The first-order valence-electron chi connectivity index (χ1n) is 5.07. The first-order chi connectivity index (χ1) is 7.70. The van der Waals surface area contributed by atoms with Crippen LogP contribution in [0.3, 0.4) is 0 Å². The van der Waals surface area contributed by atoms with Gasteiger partial charge in [0.25, 0.3) is 0 Å². The van der Waals surface area contributed by atoms with Crippen molar-refractivity contribution in [3.63, 3.8) is 0 Å². The predicted molar refractivity (Wildman–Crippen MR) is 59.7 cm³/mol. The summed E-state index contributed by atoms with van der Waals surface area (Å²) in [6.45, 7) is 1.95. The molecule has 0 aliphatic carbocycles. The highest BCUT2D eigenvalue weighted by molar-refractivity contribution is 5.32. The maximum Gasteiger partial charge on any atom is 0.348 e. The van der Waals surface area contributed by atoms with Gasteiger partial charge in [0.2, 0.25) is 0 Å². The molecule has 0 unspecified atom stereocenters. The fourth-order valence-electron chi connectivity index (χ4n) is 1.45. The summed E-state index contributed by atoms with van der Waals surface area (Å²) in [6, 6.07) is 7.50. The summed E-state index contributed by atoms with van der Waals surface area (Å²) in [6.07, 6.45) is 0.355. The first-order valence-corrected chi connectivity index (χ1v) is 5.07. The van der Waals surface area contributed by atoms with Crippen molar-refractivity contribution in [1.29, 1.82) is 0 Å². The number of hydrogen-bond acceptors (Lipinski definition) is 3. The maximum atomic E-state index is 11.6. The summed E-state index contributed by atoms with van der Waals surface area (Å²) < 4.78 is 1.30. The molecule has 5 nitrogen and oxygen atoms in total. The number of aromatic nitrogens is 3. The van der Waals surface area contributed by atoms with Gasteiger partial charge >= 0.3 is 5.69 Å². The van der Waals surface area contributed by atoms with Gasteiger partial charge in [-0.05, 0) is 19.1 Å². The van der Waals surface area contributed by atoms with E-state index in [9.17, 15) is 4.79 Å². The highest BCUT2D eigenvalue weighted by atomic mass is 16.3. The minimum Gasteiger partial charge on any atom is -0.396 e. The van der Waals surface area contributed by atoms with Gasteiger partial charge in [-0.1, -0.05) is 17.7 Å². The van der Waals surface area contributed by atoms with Gasteiger partial charge in [-0.3, -0.25) is 4.98 Å². The second-order valence-electron chi connectivity index (χ2n) is 3.60. The number of hydrogen-bond donors (Lipinski definition) is 2. The Bertz CT molecular complexity index is 525. The second-order valence-corrected chi connectivity index (χ2v) is 3.60. The molecule has 2 aromatic rings. The van der Waals surface area contributed by atoms with Crippen LogP contribution < -0.4 is 5.69 Å². The third-order valence-electron chi connectivity index (χ3n) is 2.29. The average Bonchev–Trinajstić information content (AvgIpc) is 2.61. The van der Waals surface area contributed by atoms with E-state index in [2.05, 4.69) is 10.1 Å². The molecule has 0 fully saturated rings. The van der Waals surface area contributed by atoms with E-state index in [1.54, 1.807) is 0 Å². The van der Waals surface area contributed by atoms with Crippen LogP contribution in [0.25, 0.3) is 5.69 Å². The maximum absolute atomic E-state index is 11.6. The molecule has 84 valence electrons. The predicted octanol–water partition coefficient (Wildman–Crippen LogP) is 0.404. The van der Waals surface area contributed by atoms with Crippen LogP contribution in [0.1, 0.15) is 11.4 Å². The van der Waals surface area contributed by atoms with Crippen LogP contribution in [0.15, 0.2) is 29.1 Å². The summed E-state index contributed by atoms with van der Waals surface area (Å²) in [4.78, 5) is 14.2. The number of benzene rings is 1. The molecule has 2 rings (SSSR count). The van der Waals surface area contributed by atoms with Crippen molar-refractivity contribution in [1.82, 2.24) is 14.8 Å². The number of aryl methyl sites for hydroxylation is 1. The van der Waals surface area contributed by atoms with Crippen LogP contribution in [-0.4, -0.2) is 26.5 Å². The largest absolute Gasteiger partial charge is 0.396 e. The molecule has 0 saturated heterocycles. The van der Waals surface area contributed by atoms with Crippen LogP contribution in [0.5, 0.6) is 0 Å². The second kappa shape index (κ2) is 4.32. The van der Waals surface area contributed by atoms with Gasteiger partial charge in [0, 0.05) is 6.42 Å². The highest BCUT2D eigenvalue weighted by Gasteiger charge is 2.05. The lowest BCUT2D eigenvalue weighted by atomic mass is 10.2. The fraction of sp³-hybridized carbons (Fsp3) is 0.273. The molecule has 1 heterocycles. The van der Waals surface area contributed by atoms with Gasteiger partial charge in [-0.25, -0.2) is 4.79 Å². The Morgan fingerprint density at radius 1 is 1.38 bits per heavy atom. The Balaban J connectivity index is 2.40. The van der Waals surface area contributed by atoms with Crippen molar-refractivity contribution in [2.24, 2.45) is 0 Å². The topological polar surface area (TPSA) is 70.9 Å². The minimum atomic E-state index is -0.285. The van der Waals surface area contributed by atoms with E-state index in [4.69, 9.17) is 5.11 Å². The zero-order chi connectivity index (χ0) is 11.5. The quantitative estimate of drug-likeness (QED) is 0.785. The van der Waals surface area contributed by atoms with Crippen molar-refractivity contribution in [2.75, 3.05) is 6.61 Å². The zero-order valence-electron chi connectivity index (χ0n) is 8.97. The van der Waals surface area contributed by atoms with Crippen molar-refractivity contribution in [3.8, 4) is 5.69 Å². The Morgan fingerprint density at radius 3 is 2.69 bits per heavy atom. The lowest BCUT2D eigenvalue weighted by molar-refractivity contribution is 0.296. The summed E-state index contributed by atoms with van der Waals surface area (Å²) in [7, 11) is 0. The molecular weight excluding hydrogens is 206 g/mol. The number of aliphatic hydroxyl groups is 1. The van der Waals surface area contributed by atoms with E-state index in [0.717, 1.165) is 11.3 Å². The third-order valence-corrected chi connectivity index (χ3v) is 2.29. The number of rotatable bonds is 3. The number of nitrogens with one attached hydrogen (secondary N) is 1. The van der Waals surface area contributed by atoms with Crippen molar-refractivity contribution in [2.45, 2.75) is 13.3 Å². The molecule has 0 spiro atoms. The van der Waals surface area contributed by atoms with Crippen LogP contribution in [0.4, 0.5) is 0 Å². The molecule has 0 aliphatic rings. The first kappa shape index (κ1) is 10.6. The lowest BCUT2D eigenvalue weighted by Gasteiger charge is -1.99. The number of H-pyrrole nitrogens is 1. The van der Waals surface area contributed by atoms with Gasteiger partial charge < -0.3 is 5.11 Å². The molecule has 0 atom stereocenters. The lowest BCUT2D eigenvalue weighted by Crippen LogP contribution is -2.15. The van der Waals surface area contributed by atoms with Crippen LogP contribution in [0, 0.1) is 6.92 Å². The SMILES string of the molecule is Cc1ccc(-n2nc(CCO)[nH]c2=O)cc1. The van der Waals surface area contributed by atoms with Gasteiger partial charge in [-0.15, -0.1) is 0 Å². The highest BCUT2D eigenvalue weighted by Crippen LogP contribution is 2.05. The zero-order valence-corrected chi connectivity index (χ0v) is 8.97. The summed E-state index contributed by atoms with van der Waals surface area (Å²) in [5.74, 6) is 0.494. The van der Waals surface area contributed by atoms with Crippen LogP contribution >= 0.6 is 0 Å². The van der Waals surface area contributed by atoms with E-state index < -0.39 is 0 Å². The Hall–Kier alpha value is -1.88. The monoisotopic (exact) mass is 219 g/mol. The summed E-state index contributed by atoms with van der Waals surface area (Å²) in [5, 5.41) is 12.8. The average molecular weight is 219 g/mol. The molecule has 1 aromatic carbocycles. The minimum absolute atomic E-state index is 0.0269. The number of aromatic amines is 1. The molecule has 0 amide bonds. The Kier molecular flexibility index (Phi) is 2.87. The van der Waals surface area contributed by atoms with Crippen molar-refractivity contribution < 1.29 is 5.11 Å². The molecule has 0 bridgehead atoms. The van der Waals surface area contributed by atoms with E-state index in [0.29, 0.717) is 12.2 Å². The van der Waals surface area contributed by atoms with Crippen LogP contribution in [-0.2, 0) is 6.42 Å². The molecule has 0 radical (unpaired) electrons. The third kappa shape index (κ3) is 2.04. The number of nitrogens with zero attached hydrogens (tertiary/aromatic N) is 2. The van der Waals surface area contributed by atoms with Gasteiger partial charge in [-0.2, -0.15) is 9.78 Å². The summed E-state index contributed by atoms with van der Waals surface area (Å²) >= 11 is 0. The Labute approximate surface area is 92.4 Å². The molecule has 0 saturated carbocycles. The normalized spacial score (nSPS) is 10.6. The fourth-order valence-corrected chi connectivity index (χ4v) is 1.45. The van der Waals surface area contributed by atoms with Crippen molar-refractivity contribution in [3.05, 3.63) is 46.1 Å². The van der Waals surface area contributed by atoms with Gasteiger partial charge in [0.15, 0.2) is 0 Å². The van der Waals surface area contributed by atoms with E-state index in [1.165, 1.54) is 4.68 Å². The molecule has 2 N–H and O–H groups in total. The van der Waals surface area contributed by atoms with E-state index in [-0.39, 0.29) is 12.3 Å². The Morgan fingerprint density at radius 2 is 2.06 bits per heavy atom. The number of aliphatic hydroxyl groups excluding tert-OH is 1. The summed E-state index contributed by atoms with van der Waals surface area (Å²) in [5.41, 5.74) is 1.56. The van der Waals surface area contributed by atoms with E-state index >= 15 is 0 Å². The molecule has 0 aliphatic heterocycles. The van der Waals surface area contributed by atoms with Crippen LogP contribution in [0.2, 0.25) is 0 Å². The van der Waals surface area contributed by atoms with Gasteiger partial charge in [0.1, 0.15) is 5.82 Å². The molecule has 16 heavy (non-hydrogen) atoms. The molecule has 1 aromatic heterocycles.